The average Bonchev–Trinajstić information content (AvgIpc) is 2.45. The highest BCUT2D eigenvalue weighted by atomic mass is 35.5. The molecule has 0 bridgehead atoms. The number of pyridine rings is 1. The van der Waals surface area contributed by atoms with Crippen LogP contribution in [0.15, 0.2) is 36.4 Å². The zero-order valence-corrected chi connectivity index (χ0v) is 11.3. The highest BCUT2D eigenvalue weighted by Gasteiger charge is 2.09. The number of benzene rings is 1. The van der Waals surface area contributed by atoms with Gasteiger partial charge in [0.05, 0.1) is 18.7 Å². The first-order chi connectivity index (χ1) is 9.13. The molecule has 1 aromatic heterocycles. The largest absolute Gasteiger partial charge is 0.497 e. The topological polar surface area (TPSA) is 49.1 Å². The van der Waals surface area contributed by atoms with Crippen LogP contribution in [0, 0.1) is 11.3 Å². The maximum atomic E-state index is 8.95. The minimum absolute atomic E-state index is 0.295. The second kappa shape index (κ2) is 5.59. The summed E-state index contributed by atoms with van der Waals surface area (Å²) >= 11 is 5.91. The standard InChI is InChI=1S/C14H12ClN3O/c1-18(11-4-3-5-12(8-11)19-2)14-7-10(9-16)6-13(15)17-14/h3-8H,1-2H3. The average molecular weight is 274 g/mol. The van der Waals surface area contributed by atoms with Crippen LogP contribution in [0.2, 0.25) is 5.15 Å². The van der Waals surface area contributed by atoms with Gasteiger partial charge in [0.25, 0.3) is 0 Å². The molecule has 0 unspecified atom stereocenters. The second-order valence-corrected chi connectivity index (χ2v) is 4.30. The summed E-state index contributed by atoms with van der Waals surface area (Å²) in [4.78, 5) is 6.06. The van der Waals surface area contributed by atoms with E-state index in [2.05, 4.69) is 11.1 Å². The summed E-state index contributed by atoms with van der Waals surface area (Å²) in [6, 6.07) is 12.8. The van der Waals surface area contributed by atoms with E-state index in [-0.39, 0.29) is 0 Å². The Balaban J connectivity index is 2.40. The summed E-state index contributed by atoms with van der Waals surface area (Å²) < 4.78 is 5.18. The highest BCUT2D eigenvalue weighted by Crippen LogP contribution is 2.27. The van der Waals surface area contributed by atoms with E-state index in [1.165, 1.54) is 6.07 Å². The van der Waals surface area contributed by atoms with Gasteiger partial charge in [-0.3, -0.25) is 0 Å². The fraction of sp³-hybridized carbons (Fsp3) is 0.143. The molecule has 5 heteroatoms. The molecule has 0 spiro atoms. The Kier molecular flexibility index (Phi) is 3.88. The van der Waals surface area contributed by atoms with E-state index in [0.717, 1.165) is 11.4 Å². The van der Waals surface area contributed by atoms with Crippen LogP contribution in [-0.2, 0) is 0 Å². The lowest BCUT2D eigenvalue weighted by atomic mass is 10.2. The molecular formula is C14H12ClN3O. The van der Waals surface area contributed by atoms with Crippen molar-refractivity contribution >= 4 is 23.1 Å². The number of hydrogen-bond donors (Lipinski definition) is 0. The van der Waals surface area contributed by atoms with Gasteiger partial charge in [0.1, 0.15) is 16.7 Å². The third-order valence-corrected chi connectivity index (χ3v) is 2.89. The SMILES string of the molecule is COc1cccc(N(C)c2cc(C#N)cc(Cl)n2)c1. The zero-order valence-electron chi connectivity index (χ0n) is 10.6. The molecule has 0 amide bonds. The molecule has 96 valence electrons. The van der Waals surface area contributed by atoms with Crippen LogP contribution in [0.4, 0.5) is 11.5 Å². The van der Waals surface area contributed by atoms with E-state index in [0.29, 0.717) is 16.5 Å². The van der Waals surface area contributed by atoms with E-state index in [1.807, 2.05) is 36.2 Å². The molecule has 1 aromatic carbocycles. The Bertz CT molecular complexity index is 637. The predicted molar refractivity (Wildman–Crippen MR) is 75.0 cm³/mol. The molecule has 0 radical (unpaired) electrons. The van der Waals surface area contributed by atoms with Crippen molar-refractivity contribution in [1.82, 2.24) is 4.98 Å². The Morgan fingerprint density at radius 1 is 1.32 bits per heavy atom. The summed E-state index contributed by atoms with van der Waals surface area (Å²) in [5.41, 5.74) is 1.38. The van der Waals surface area contributed by atoms with Gasteiger partial charge >= 0.3 is 0 Å². The van der Waals surface area contributed by atoms with Crippen molar-refractivity contribution in [2.24, 2.45) is 0 Å². The molecule has 4 nitrogen and oxygen atoms in total. The van der Waals surface area contributed by atoms with Crippen molar-refractivity contribution in [2.45, 2.75) is 0 Å². The van der Waals surface area contributed by atoms with Crippen molar-refractivity contribution in [3.8, 4) is 11.8 Å². The minimum atomic E-state index is 0.295. The molecule has 19 heavy (non-hydrogen) atoms. The van der Waals surface area contributed by atoms with Gasteiger partial charge in [0, 0.05) is 18.8 Å². The Morgan fingerprint density at radius 3 is 2.79 bits per heavy atom. The predicted octanol–water partition coefficient (Wildman–Crippen LogP) is 3.38. The molecule has 0 aliphatic carbocycles. The van der Waals surface area contributed by atoms with Crippen molar-refractivity contribution in [2.75, 3.05) is 19.1 Å². The van der Waals surface area contributed by atoms with Crippen molar-refractivity contribution in [3.63, 3.8) is 0 Å². The third kappa shape index (κ3) is 2.95. The highest BCUT2D eigenvalue weighted by molar-refractivity contribution is 6.29. The lowest BCUT2D eigenvalue weighted by molar-refractivity contribution is 0.415. The molecule has 0 aliphatic rings. The van der Waals surface area contributed by atoms with Gasteiger partial charge in [0.15, 0.2) is 0 Å². The molecule has 1 heterocycles. The molecule has 0 N–H and O–H groups in total. The van der Waals surface area contributed by atoms with Crippen molar-refractivity contribution in [1.29, 1.82) is 5.26 Å². The number of hydrogen-bond acceptors (Lipinski definition) is 4. The maximum absolute atomic E-state index is 8.95. The van der Waals surface area contributed by atoms with Crippen LogP contribution in [-0.4, -0.2) is 19.1 Å². The number of nitrogens with zero attached hydrogens (tertiary/aromatic N) is 3. The fourth-order valence-corrected chi connectivity index (χ4v) is 1.87. The molecule has 0 saturated heterocycles. The van der Waals surface area contributed by atoms with Crippen LogP contribution < -0.4 is 9.64 Å². The number of nitriles is 1. The Morgan fingerprint density at radius 2 is 2.11 bits per heavy atom. The van der Waals surface area contributed by atoms with Gasteiger partial charge < -0.3 is 9.64 Å². The number of ether oxygens (including phenoxy) is 1. The summed E-state index contributed by atoms with van der Waals surface area (Å²) in [7, 11) is 3.47. The smallest absolute Gasteiger partial charge is 0.135 e. The minimum Gasteiger partial charge on any atom is -0.497 e. The van der Waals surface area contributed by atoms with Gasteiger partial charge in [-0.05, 0) is 24.3 Å². The Labute approximate surface area is 116 Å². The van der Waals surface area contributed by atoms with Gasteiger partial charge in [0.2, 0.25) is 0 Å². The van der Waals surface area contributed by atoms with Gasteiger partial charge in [-0.1, -0.05) is 17.7 Å². The van der Waals surface area contributed by atoms with Gasteiger partial charge in [-0.25, -0.2) is 4.98 Å². The van der Waals surface area contributed by atoms with Crippen molar-refractivity contribution < 1.29 is 4.74 Å². The lowest BCUT2D eigenvalue weighted by Crippen LogP contribution is -2.11. The van der Waals surface area contributed by atoms with Gasteiger partial charge in [-0.15, -0.1) is 0 Å². The molecule has 0 atom stereocenters. The lowest BCUT2D eigenvalue weighted by Gasteiger charge is -2.19. The maximum Gasteiger partial charge on any atom is 0.135 e. The first kappa shape index (κ1) is 13.2. The molecule has 0 fully saturated rings. The molecule has 0 aliphatic heterocycles. The van der Waals surface area contributed by atoms with Crippen LogP contribution in [0.25, 0.3) is 0 Å². The van der Waals surface area contributed by atoms with Crippen LogP contribution in [0.3, 0.4) is 0 Å². The molecule has 2 aromatic rings. The monoisotopic (exact) mass is 273 g/mol. The first-order valence-corrected chi connectivity index (χ1v) is 5.97. The Hall–Kier alpha value is -2.25. The zero-order chi connectivity index (χ0) is 13.8. The molecule has 2 rings (SSSR count). The number of anilines is 2. The van der Waals surface area contributed by atoms with E-state index < -0.39 is 0 Å². The summed E-state index contributed by atoms with van der Waals surface area (Å²) in [6.45, 7) is 0. The quantitative estimate of drug-likeness (QED) is 0.805. The summed E-state index contributed by atoms with van der Waals surface area (Å²) in [5, 5.41) is 9.24. The van der Waals surface area contributed by atoms with E-state index in [4.69, 9.17) is 21.6 Å². The first-order valence-electron chi connectivity index (χ1n) is 5.59. The summed E-state index contributed by atoms with van der Waals surface area (Å²) in [6.07, 6.45) is 0. The van der Waals surface area contributed by atoms with Crippen LogP contribution in [0.1, 0.15) is 5.56 Å². The summed E-state index contributed by atoms with van der Waals surface area (Å²) in [5.74, 6) is 1.36. The van der Waals surface area contributed by atoms with E-state index in [9.17, 15) is 0 Å². The number of aromatic nitrogens is 1. The molecule has 0 saturated carbocycles. The fourth-order valence-electron chi connectivity index (χ4n) is 1.67. The van der Waals surface area contributed by atoms with E-state index in [1.54, 1.807) is 13.2 Å². The van der Waals surface area contributed by atoms with Gasteiger partial charge in [-0.2, -0.15) is 5.26 Å². The normalized spacial score (nSPS) is 9.79. The molecular weight excluding hydrogens is 262 g/mol. The van der Waals surface area contributed by atoms with E-state index >= 15 is 0 Å². The number of halogens is 1. The number of rotatable bonds is 3. The van der Waals surface area contributed by atoms with Crippen molar-refractivity contribution in [3.05, 3.63) is 47.1 Å². The van der Waals surface area contributed by atoms with Crippen LogP contribution in [0.5, 0.6) is 5.75 Å². The second-order valence-electron chi connectivity index (χ2n) is 3.91. The number of methoxy groups -OCH3 is 1. The van der Waals surface area contributed by atoms with Crippen LogP contribution >= 0.6 is 11.6 Å². The third-order valence-electron chi connectivity index (χ3n) is 2.69.